The molecular formula is C29H25F2N7O3. The van der Waals surface area contributed by atoms with Crippen LogP contribution in [0.2, 0.25) is 0 Å². The van der Waals surface area contributed by atoms with Crippen molar-refractivity contribution in [2.24, 2.45) is 11.3 Å². The highest BCUT2D eigenvalue weighted by Crippen LogP contribution is 2.67. The van der Waals surface area contributed by atoms with E-state index in [2.05, 4.69) is 42.4 Å². The predicted octanol–water partition coefficient (Wildman–Crippen LogP) is 1.90. The maximum absolute atomic E-state index is 13.8. The van der Waals surface area contributed by atoms with Crippen LogP contribution in [0.4, 0.5) is 14.6 Å². The second-order valence-corrected chi connectivity index (χ2v) is 10.8. The molecule has 1 aromatic carbocycles. The Labute approximate surface area is 232 Å². The van der Waals surface area contributed by atoms with Gasteiger partial charge in [-0.2, -0.15) is 0 Å². The molecule has 4 N–H and O–H groups in total. The molecule has 7 atom stereocenters. The highest BCUT2D eigenvalue weighted by atomic mass is 19.2. The zero-order chi connectivity index (χ0) is 28.5. The van der Waals surface area contributed by atoms with Crippen LogP contribution in [0.25, 0.3) is 11.2 Å². The number of aromatic nitrogens is 5. The van der Waals surface area contributed by atoms with Crippen molar-refractivity contribution in [3.05, 3.63) is 77.6 Å². The molecule has 3 fully saturated rings. The first-order valence-electron chi connectivity index (χ1n) is 13.3. The molecule has 7 rings (SSSR count). The minimum absolute atomic E-state index is 0.0494. The van der Waals surface area contributed by atoms with Crippen molar-refractivity contribution in [2.75, 3.05) is 12.4 Å². The summed E-state index contributed by atoms with van der Waals surface area (Å²) in [7, 11) is 1.51. The van der Waals surface area contributed by atoms with Crippen LogP contribution in [0.15, 0.2) is 48.9 Å². The summed E-state index contributed by atoms with van der Waals surface area (Å²) in [4.78, 5) is 30.6. The molecule has 10 nitrogen and oxygen atoms in total. The molecule has 3 unspecified atom stereocenters. The number of pyridine rings is 1. The number of fused-ring (bicyclic) bond motifs is 2. The van der Waals surface area contributed by atoms with Crippen molar-refractivity contribution >= 4 is 22.9 Å². The Morgan fingerprint density at radius 3 is 2.73 bits per heavy atom. The Hall–Kier alpha value is -4.47. The molecule has 4 aromatic rings. The summed E-state index contributed by atoms with van der Waals surface area (Å²) in [5.74, 6) is 4.02. The van der Waals surface area contributed by atoms with E-state index >= 15 is 0 Å². The molecule has 12 heteroatoms. The number of nitrogens with one attached hydrogen (secondary N) is 2. The fourth-order valence-corrected chi connectivity index (χ4v) is 6.28. The standard InChI is InChI=1S/C29H25F2N7O3/c1-32-28(41)29-12-17(29)23(24(39)25(29)40)38-13-34-22-26(35-20-11-16(20)14-5-7-18(30)19(31)10-14)36-21(37-27(22)38)8-6-15-4-2-3-9-33-15/h2-5,7,9-10,13,16-17,20,23-25,39-40H,11-12H2,1H3,(H,32,41)(H,35,36,37)/t16-,17?,20?,23+,24?,25-,29+/m0/s1. The van der Waals surface area contributed by atoms with E-state index in [4.69, 9.17) is 0 Å². The number of imidazole rings is 1. The van der Waals surface area contributed by atoms with Gasteiger partial charge < -0.3 is 25.4 Å². The van der Waals surface area contributed by atoms with E-state index < -0.39 is 35.3 Å². The molecule has 1 amide bonds. The summed E-state index contributed by atoms with van der Waals surface area (Å²) >= 11 is 0. The highest BCUT2D eigenvalue weighted by Gasteiger charge is 2.75. The van der Waals surface area contributed by atoms with Crippen molar-refractivity contribution < 1.29 is 23.8 Å². The van der Waals surface area contributed by atoms with Crippen LogP contribution in [-0.4, -0.2) is 65.9 Å². The average molecular weight is 558 g/mol. The van der Waals surface area contributed by atoms with E-state index in [-0.39, 0.29) is 29.6 Å². The summed E-state index contributed by atoms with van der Waals surface area (Å²) < 4.78 is 29.0. The molecule has 3 aromatic heterocycles. The van der Waals surface area contributed by atoms with E-state index in [1.807, 2.05) is 6.07 Å². The topological polar surface area (TPSA) is 138 Å². The van der Waals surface area contributed by atoms with Gasteiger partial charge in [-0.25, -0.2) is 28.7 Å². The summed E-state index contributed by atoms with van der Waals surface area (Å²) in [6, 6.07) is 8.50. The van der Waals surface area contributed by atoms with E-state index in [0.29, 0.717) is 41.1 Å². The maximum atomic E-state index is 13.8. The number of halogens is 2. The van der Waals surface area contributed by atoms with Crippen LogP contribution in [0, 0.1) is 34.8 Å². The van der Waals surface area contributed by atoms with Crippen molar-refractivity contribution in [1.82, 2.24) is 29.8 Å². The molecule has 0 spiro atoms. The van der Waals surface area contributed by atoms with Gasteiger partial charge in [-0.05, 0) is 54.5 Å². The molecule has 3 aliphatic rings. The van der Waals surface area contributed by atoms with Gasteiger partial charge in [0.15, 0.2) is 28.6 Å². The number of nitrogens with zero attached hydrogens (tertiary/aromatic N) is 5. The first kappa shape index (κ1) is 25.5. The third kappa shape index (κ3) is 4.03. The zero-order valence-corrected chi connectivity index (χ0v) is 21.8. The fourth-order valence-electron chi connectivity index (χ4n) is 6.28. The molecule has 0 saturated heterocycles. The number of hydrogen-bond donors (Lipinski definition) is 4. The van der Waals surface area contributed by atoms with Gasteiger partial charge in [-0.1, -0.05) is 12.1 Å². The Bertz CT molecular complexity index is 1750. The molecule has 3 saturated carbocycles. The van der Waals surface area contributed by atoms with Gasteiger partial charge in [-0.3, -0.25) is 4.79 Å². The molecule has 3 aliphatic carbocycles. The van der Waals surface area contributed by atoms with Crippen LogP contribution >= 0.6 is 0 Å². The number of anilines is 1. The third-order valence-corrected chi connectivity index (χ3v) is 8.52. The number of hydrogen-bond acceptors (Lipinski definition) is 8. The summed E-state index contributed by atoms with van der Waals surface area (Å²) in [6.45, 7) is 0. The van der Waals surface area contributed by atoms with Crippen LogP contribution in [-0.2, 0) is 4.79 Å². The van der Waals surface area contributed by atoms with Crippen molar-refractivity contribution in [3.63, 3.8) is 0 Å². The Morgan fingerprint density at radius 2 is 1.98 bits per heavy atom. The summed E-state index contributed by atoms with van der Waals surface area (Å²) in [6.07, 6.45) is 1.81. The van der Waals surface area contributed by atoms with E-state index in [1.165, 1.54) is 19.4 Å². The Kier molecular flexibility index (Phi) is 5.78. The first-order chi connectivity index (χ1) is 19.8. The first-order valence-corrected chi connectivity index (χ1v) is 13.3. The van der Waals surface area contributed by atoms with Gasteiger partial charge in [-0.15, -0.1) is 0 Å². The highest BCUT2D eigenvalue weighted by molar-refractivity contribution is 5.88. The summed E-state index contributed by atoms with van der Waals surface area (Å²) in [5.41, 5.74) is 0.951. The second kappa shape index (κ2) is 9.29. The molecule has 3 heterocycles. The molecule has 208 valence electrons. The monoisotopic (exact) mass is 557 g/mol. The van der Waals surface area contributed by atoms with Gasteiger partial charge >= 0.3 is 0 Å². The fraction of sp³-hybridized carbons (Fsp3) is 0.345. The number of aliphatic hydroxyl groups is 2. The van der Waals surface area contributed by atoms with Crippen molar-refractivity contribution in [2.45, 2.75) is 43.1 Å². The lowest BCUT2D eigenvalue weighted by atomic mass is 9.98. The van der Waals surface area contributed by atoms with Crippen LogP contribution in [0.1, 0.15) is 41.9 Å². The molecular weight excluding hydrogens is 532 g/mol. The number of carbonyl (C=O) groups excluding carboxylic acids is 1. The third-order valence-electron chi connectivity index (χ3n) is 8.52. The van der Waals surface area contributed by atoms with Gasteiger partial charge in [0.2, 0.25) is 11.7 Å². The predicted molar refractivity (Wildman–Crippen MR) is 142 cm³/mol. The Morgan fingerprint density at radius 1 is 1.12 bits per heavy atom. The van der Waals surface area contributed by atoms with Gasteiger partial charge in [0.25, 0.3) is 0 Å². The van der Waals surface area contributed by atoms with E-state index in [0.717, 1.165) is 6.07 Å². The summed E-state index contributed by atoms with van der Waals surface area (Å²) in [5, 5.41) is 27.8. The van der Waals surface area contributed by atoms with Crippen LogP contribution < -0.4 is 10.6 Å². The largest absolute Gasteiger partial charge is 0.389 e. The van der Waals surface area contributed by atoms with Crippen molar-refractivity contribution in [3.8, 4) is 11.8 Å². The minimum Gasteiger partial charge on any atom is -0.389 e. The molecule has 41 heavy (non-hydrogen) atoms. The lowest BCUT2D eigenvalue weighted by molar-refractivity contribution is -0.132. The number of carbonyl (C=O) groups is 1. The smallest absolute Gasteiger partial charge is 0.229 e. The normalized spacial score (nSPS) is 29.4. The number of rotatable bonds is 5. The maximum Gasteiger partial charge on any atom is 0.229 e. The van der Waals surface area contributed by atoms with Gasteiger partial charge in [0.05, 0.1) is 23.9 Å². The SMILES string of the molecule is CNC(=O)[C@]12CC1[C@@H](n1cnc3c(NC4C[C@H]4c4ccc(F)c(F)c4)nc(C#Cc4ccccn4)nc31)C(O)[C@@H]2O. The quantitative estimate of drug-likeness (QED) is 0.273. The molecule has 0 aliphatic heterocycles. The van der Waals surface area contributed by atoms with Gasteiger partial charge in [0.1, 0.15) is 11.8 Å². The number of amides is 1. The lowest BCUT2D eigenvalue weighted by Gasteiger charge is -2.23. The number of benzene rings is 1. The Balaban J connectivity index is 1.26. The average Bonchev–Trinajstić information content (AvgIpc) is 3.86. The zero-order valence-electron chi connectivity index (χ0n) is 21.8. The lowest BCUT2D eigenvalue weighted by Crippen LogP contribution is -2.41. The van der Waals surface area contributed by atoms with E-state index in [1.54, 1.807) is 29.0 Å². The van der Waals surface area contributed by atoms with Gasteiger partial charge in [0, 0.05) is 31.1 Å². The minimum atomic E-state index is -1.24. The van der Waals surface area contributed by atoms with Crippen LogP contribution in [0.3, 0.4) is 0 Å². The molecule has 0 bridgehead atoms. The second-order valence-electron chi connectivity index (χ2n) is 10.8. The van der Waals surface area contributed by atoms with E-state index in [9.17, 15) is 23.8 Å². The van der Waals surface area contributed by atoms with Crippen LogP contribution in [0.5, 0.6) is 0 Å². The number of aliphatic hydroxyl groups excluding tert-OH is 2. The van der Waals surface area contributed by atoms with Crippen molar-refractivity contribution in [1.29, 1.82) is 0 Å². The molecule has 0 radical (unpaired) electrons.